The summed E-state index contributed by atoms with van der Waals surface area (Å²) in [6.07, 6.45) is -0.00783. The van der Waals surface area contributed by atoms with Gasteiger partial charge in [-0.3, -0.25) is 9.59 Å². The fourth-order valence-corrected chi connectivity index (χ4v) is 3.06. The second kappa shape index (κ2) is 7.09. The average Bonchev–Trinajstić information content (AvgIpc) is 2.52. The molecule has 1 aliphatic rings. The summed E-state index contributed by atoms with van der Waals surface area (Å²) in [4.78, 5) is 23.1. The fourth-order valence-electron chi connectivity index (χ4n) is 2.15. The molecule has 0 spiro atoms. The largest absolute Gasteiger partial charge is 0.468 e. The van der Waals surface area contributed by atoms with Crippen molar-refractivity contribution in [1.82, 2.24) is 5.32 Å². The number of thioether (sulfide) groups is 1. The van der Waals surface area contributed by atoms with Crippen LogP contribution in [-0.2, 0) is 14.3 Å². The highest BCUT2D eigenvalue weighted by molar-refractivity contribution is 8.03. The van der Waals surface area contributed by atoms with Crippen molar-refractivity contribution >= 4 is 23.6 Å². The molecule has 1 aliphatic heterocycles. The maximum Gasteiger partial charge on any atom is 0.316 e. The number of carbonyl (C=O) groups is 2. The summed E-state index contributed by atoms with van der Waals surface area (Å²) in [7, 11) is 1.25. The van der Waals surface area contributed by atoms with E-state index < -0.39 is 17.7 Å². The topological polar surface area (TPSA) is 79.2 Å². The maximum atomic E-state index is 14.0. The molecule has 0 aliphatic carbocycles. The van der Waals surface area contributed by atoms with Crippen molar-refractivity contribution in [2.45, 2.75) is 12.3 Å². The van der Waals surface area contributed by atoms with Gasteiger partial charge in [0.2, 0.25) is 5.91 Å². The molecule has 2 rings (SSSR count). The number of benzene rings is 1. The summed E-state index contributed by atoms with van der Waals surface area (Å²) in [6.45, 7) is 0. The van der Waals surface area contributed by atoms with Crippen LogP contribution in [0.3, 0.4) is 0 Å². The first kappa shape index (κ1) is 16.0. The predicted octanol–water partition coefficient (Wildman–Crippen LogP) is 2.07. The molecule has 0 fully saturated rings. The number of methoxy groups -OCH3 is 1. The SMILES string of the molecule is COC(=O)CSC1=C(C#N)[C@@H](c2ccccc2F)CC(=O)N1. The second-order valence-electron chi connectivity index (χ2n) is 4.55. The summed E-state index contributed by atoms with van der Waals surface area (Å²) >= 11 is 0.999. The van der Waals surface area contributed by atoms with Gasteiger partial charge in [-0.2, -0.15) is 5.26 Å². The van der Waals surface area contributed by atoms with E-state index in [1.807, 2.05) is 6.07 Å². The highest BCUT2D eigenvalue weighted by Gasteiger charge is 2.31. The van der Waals surface area contributed by atoms with E-state index in [1.165, 1.54) is 13.2 Å². The monoisotopic (exact) mass is 320 g/mol. The molecule has 114 valence electrons. The summed E-state index contributed by atoms with van der Waals surface area (Å²) in [6, 6.07) is 8.06. The van der Waals surface area contributed by atoms with Crippen molar-refractivity contribution in [3.05, 3.63) is 46.2 Å². The molecule has 0 bridgehead atoms. The number of esters is 1. The van der Waals surface area contributed by atoms with Gasteiger partial charge in [-0.1, -0.05) is 30.0 Å². The average molecular weight is 320 g/mol. The first-order valence-corrected chi connectivity index (χ1v) is 7.43. The number of rotatable bonds is 4. The van der Waals surface area contributed by atoms with Gasteiger partial charge in [0.25, 0.3) is 0 Å². The fraction of sp³-hybridized carbons (Fsp3) is 0.267. The van der Waals surface area contributed by atoms with Crippen LogP contribution in [0.1, 0.15) is 17.9 Å². The lowest BCUT2D eigenvalue weighted by Gasteiger charge is -2.25. The zero-order chi connectivity index (χ0) is 16.1. The number of nitrogens with zero attached hydrogens (tertiary/aromatic N) is 1. The standard InChI is InChI=1S/C15H13FN2O3S/c1-21-14(20)8-22-15-11(7-17)10(6-13(19)18-15)9-4-2-3-5-12(9)16/h2-5,10H,6,8H2,1H3,(H,18,19)/t10-/m1/s1. The van der Waals surface area contributed by atoms with Gasteiger partial charge in [-0.25, -0.2) is 4.39 Å². The Balaban J connectivity index is 2.37. The number of allylic oxidation sites excluding steroid dienone is 1. The third-order valence-electron chi connectivity index (χ3n) is 3.20. The third kappa shape index (κ3) is 3.46. The minimum Gasteiger partial charge on any atom is -0.468 e. The molecular weight excluding hydrogens is 307 g/mol. The summed E-state index contributed by atoms with van der Waals surface area (Å²) in [5.41, 5.74) is 0.545. The number of nitriles is 1. The van der Waals surface area contributed by atoms with Gasteiger partial charge < -0.3 is 10.1 Å². The van der Waals surface area contributed by atoms with E-state index in [2.05, 4.69) is 10.1 Å². The molecule has 1 N–H and O–H groups in total. The molecule has 1 heterocycles. The van der Waals surface area contributed by atoms with Crippen LogP contribution in [0.2, 0.25) is 0 Å². The van der Waals surface area contributed by atoms with Crippen molar-refractivity contribution in [3.8, 4) is 6.07 Å². The van der Waals surface area contributed by atoms with Gasteiger partial charge in [0.1, 0.15) is 5.82 Å². The quantitative estimate of drug-likeness (QED) is 0.859. The van der Waals surface area contributed by atoms with Gasteiger partial charge in [0.05, 0.1) is 29.5 Å². The molecule has 1 aromatic rings. The lowest BCUT2D eigenvalue weighted by atomic mass is 9.87. The predicted molar refractivity (Wildman–Crippen MR) is 79.0 cm³/mol. The molecule has 1 amide bonds. The van der Waals surface area contributed by atoms with E-state index in [0.717, 1.165) is 11.8 Å². The van der Waals surface area contributed by atoms with Crippen LogP contribution in [0.15, 0.2) is 34.9 Å². The Hall–Kier alpha value is -2.33. The number of hydrogen-bond acceptors (Lipinski definition) is 5. The lowest BCUT2D eigenvalue weighted by Crippen LogP contribution is -2.31. The Kier molecular flexibility index (Phi) is 5.17. The van der Waals surface area contributed by atoms with Crippen LogP contribution in [0, 0.1) is 17.1 Å². The Morgan fingerprint density at radius 2 is 2.27 bits per heavy atom. The highest BCUT2D eigenvalue weighted by Crippen LogP contribution is 2.36. The molecule has 0 radical (unpaired) electrons. The zero-order valence-corrected chi connectivity index (χ0v) is 12.6. The Morgan fingerprint density at radius 1 is 1.55 bits per heavy atom. The zero-order valence-electron chi connectivity index (χ0n) is 11.8. The van der Waals surface area contributed by atoms with Crippen molar-refractivity contribution in [1.29, 1.82) is 5.26 Å². The van der Waals surface area contributed by atoms with E-state index in [9.17, 15) is 19.2 Å². The number of amides is 1. The minimum atomic E-state index is -0.653. The van der Waals surface area contributed by atoms with Crippen molar-refractivity contribution in [2.24, 2.45) is 0 Å². The molecule has 0 saturated heterocycles. The number of hydrogen-bond donors (Lipinski definition) is 1. The molecule has 0 saturated carbocycles. The third-order valence-corrected chi connectivity index (χ3v) is 4.19. The molecule has 5 nitrogen and oxygen atoms in total. The van der Waals surface area contributed by atoms with Crippen molar-refractivity contribution in [3.63, 3.8) is 0 Å². The first-order chi connectivity index (χ1) is 10.6. The first-order valence-electron chi connectivity index (χ1n) is 6.45. The van der Waals surface area contributed by atoms with E-state index in [-0.39, 0.29) is 28.7 Å². The van der Waals surface area contributed by atoms with Crippen LogP contribution in [0.25, 0.3) is 0 Å². The number of ether oxygens (including phenoxy) is 1. The van der Waals surface area contributed by atoms with E-state index in [0.29, 0.717) is 5.56 Å². The lowest BCUT2D eigenvalue weighted by molar-refractivity contribution is -0.137. The van der Waals surface area contributed by atoms with Crippen LogP contribution < -0.4 is 5.32 Å². The van der Waals surface area contributed by atoms with Crippen molar-refractivity contribution < 1.29 is 18.7 Å². The molecule has 0 aromatic heterocycles. The molecular formula is C15H13FN2O3S. The van der Waals surface area contributed by atoms with E-state index in [1.54, 1.807) is 18.2 Å². The van der Waals surface area contributed by atoms with Crippen molar-refractivity contribution in [2.75, 3.05) is 12.9 Å². The normalized spacial score (nSPS) is 17.7. The van der Waals surface area contributed by atoms with Gasteiger partial charge in [0.15, 0.2) is 0 Å². The second-order valence-corrected chi connectivity index (χ2v) is 5.53. The van der Waals surface area contributed by atoms with Crippen LogP contribution in [0.4, 0.5) is 4.39 Å². The highest BCUT2D eigenvalue weighted by atomic mass is 32.2. The Labute approximate surface area is 131 Å². The molecule has 1 atom stereocenters. The Morgan fingerprint density at radius 3 is 2.91 bits per heavy atom. The number of halogens is 1. The summed E-state index contributed by atoms with van der Waals surface area (Å²) in [5.74, 6) is -1.95. The maximum absolute atomic E-state index is 14.0. The molecule has 1 aromatic carbocycles. The summed E-state index contributed by atoms with van der Waals surface area (Å²) in [5, 5.41) is 12.2. The van der Waals surface area contributed by atoms with E-state index in [4.69, 9.17) is 0 Å². The molecule has 0 unspecified atom stereocenters. The van der Waals surface area contributed by atoms with Crippen LogP contribution in [0.5, 0.6) is 0 Å². The Bertz CT molecular complexity index is 682. The van der Waals surface area contributed by atoms with Crippen LogP contribution in [-0.4, -0.2) is 24.7 Å². The van der Waals surface area contributed by atoms with Gasteiger partial charge in [0, 0.05) is 12.3 Å². The molecule has 22 heavy (non-hydrogen) atoms. The minimum absolute atomic E-state index is 0.00783. The summed E-state index contributed by atoms with van der Waals surface area (Å²) < 4.78 is 18.5. The van der Waals surface area contributed by atoms with Gasteiger partial charge in [-0.05, 0) is 11.6 Å². The molecule has 7 heteroatoms. The van der Waals surface area contributed by atoms with Crippen LogP contribution >= 0.6 is 11.8 Å². The number of nitrogens with one attached hydrogen (secondary N) is 1. The van der Waals surface area contributed by atoms with Gasteiger partial charge in [-0.15, -0.1) is 0 Å². The van der Waals surface area contributed by atoms with E-state index >= 15 is 0 Å². The van der Waals surface area contributed by atoms with Gasteiger partial charge >= 0.3 is 5.97 Å². The number of carbonyl (C=O) groups excluding carboxylic acids is 2. The smallest absolute Gasteiger partial charge is 0.316 e.